The van der Waals surface area contributed by atoms with Crippen molar-refractivity contribution in [3.8, 4) is 0 Å². The van der Waals surface area contributed by atoms with E-state index in [0.29, 0.717) is 36.6 Å². The smallest absolute Gasteiger partial charge is 0.356 e. The molecule has 2 aromatic carbocycles. The summed E-state index contributed by atoms with van der Waals surface area (Å²) in [6, 6.07) is 11.6. The number of nitrogens with zero attached hydrogens (tertiary/aromatic N) is 1. The summed E-state index contributed by atoms with van der Waals surface area (Å²) in [6.45, 7) is 2.69. The van der Waals surface area contributed by atoms with Gasteiger partial charge in [-0.05, 0) is 41.7 Å². The fraction of sp³-hybridized carbons (Fsp3) is 0.350. The van der Waals surface area contributed by atoms with Gasteiger partial charge in [-0.3, -0.25) is 4.99 Å². The molecule has 4 N–H and O–H groups in total. The maximum Gasteiger partial charge on any atom is 0.416 e. The second kappa shape index (κ2) is 11.7. The molecule has 0 saturated carbocycles. The van der Waals surface area contributed by atoms with Gasteiger partial charge in [-0.15, -0.1) is 24.0 Å². The maximum absolute atomic E-state index is 12.9. The number of halogens is 4. The van der Waals surface area contributed by atoms with E-state index in [1.165, 1.54) is 24.3 Å². The number of nitrogens with one attached hydrogen (secondary N) is 2. The molecule has 1 unspecified atom stereocenters. The topological polar surface area (TPSA) is 96.6 Å². The van der Waals surface area contributed by atoms with Gasteiger partial charge in [0, 0.05) is 20.1 Å². The summed E-state index contributed by atoms with van der Waals surface area (Å²) in [5.74, 6) is 0.414. The molecule has 0 saturated heterocycles. The number of rotatable bonds is 7. The van der Waals surface area contributed by atoms with Gasteiger partial charge in [-0.25, -0.2) is 13.6 Å². The van der Waals surface area contributed by atoms with Crippen LogP contribution in [0.2, 0.25) is 0 Å². The molecule has 0 amide bonds. The molecule has 11 heteroatoms. The molecule has 0 radical (unpaired) electrons. The van der Waals surface area contributed by atoms with Gasteiger partial charge in [-0.2, -0.15) is 13.2 Å². The zero-order valence-electron chi connectivity index (χ0n) is 17.1. The second-order valence-electron chi connectivity index (χ2n) is 6.86. The Balaban J connectivity index is 0.00000480. The molecule has 0 bridgehead atoms. The van der Waals surface area contributed by atoms with Gasteiger partial charge < -0.3 is 10.6 Å². The van der Waals surface area contributed by atoms with Crippen LogP contribution >= 0.6 is 24.0 Å². The number of primary sulfonamides is 1. The van der Waals surface area contributed by atoms with Crippen LogP contribution in [0.15, 0.2) is 58.4 Å². The summed E-state index contributed by atoms with van der Waals surface area (Å²) >= 11 is 0. The standard InChI is InChI=1S/C20H25F3N4O2S.HI/c1-14(16-6-4-7-17(12-16)20(21,22)23)9-10-26-19(25-2)27-13-15-5-3-8-18(11-15)30(24,28)29;/h3-8,11-12,14H,9-10,13H2,1-2H3,(H2,24,28,29)(H2,25,26,27);1H. The molecule has 2 rings (SSSR count). The van der Waals surface area contributed by atoms with E-state index >= 15 is 0 Å². The largest absolute Gasteiger partial charge is 0.416 e. The summed E-state index contributed by atoms with van der Waals surface area (Å²) in [5.41, 5.74) is 0.676. The Morgan fingerprint density at radius 3 is 2.42 bits per heavy atom. The van der Waals surface area contributed by atoms with Crippen molar-refractivity contribution in [2.24, 2.45) is 10.1 Å². The van der Waals surface area contributed by atoms with Crippen molar-refractivity contribution in [3.63, 3.8) is 0 Å². The van der Waals surface area contributed by atoms with E-state index in [4.69, 9.17) is 5.14 Å². The SMILES string of the molecule is CN=C(NCCC(C)c1cccc(C(F)(F)F)c1)NCc1cccc(S(N)(=O)=O)c1.I. The van der Waals surface area contributed by atoms with Gasteiger partial charge in [-0.1, -0.05) is 37.3 Å². The quantitative estimate of drug-likeness (QED) is 0.268. The van der Waals surface area contributed by atoms with E-state index < -0.39 is 21.8 Å². The molecule has 6 nitrogen and oxygen atoms in total. The average Bonchev–Trinajstić information content (AvgIpc) is 2.69. The molecule has 0 aliphatic heterocycles. The third-order valence-corrected chi connectivity index (χ3v) is 5.47. The first-order valence-electron chi connectivity index (χ1n) is 9.24. The van der Waals surface area contributed by atoms with Gasteiger partial charge in [0.2, 0.25) is 10.0 Å². The first kappa shape index (κ1) is 27.2. The predicted molar refractivity (Wildman–Crippen MR) is 126 cm³/mol. The molecule has 0 fully saturated rings. The van der Waals surface area contributed by atoms with Crippen LogP contribution in [0.1, 0.15) is 36.0 Å². The number of nitrogens with two attached hydrogens (primary N) is 1. The Morgan fingerprint density at radius 2 is 1.81 bits per heavy atom. The summed E-state index contributed by atoms with van der Waals surface area (Å²) in [7, 11) is -2.19. The van der Waals surface area contributed by atoms with Crippen LogP contribution < -0.4 is 15.8 Å². The van der Waals surface area contributed by atoms with Crippen molar-refractivity contribution in [2.45, 2.75) is 36.9 Å². The normalized spacial score (nSPS) is 13.3. The van der Waals surface area contributed by atoms with Crippen molar-refractivity contribution in [1.29, 1.82) is 0 Å². The van der Waals surface area contributed by atoms with Crippen LogP contribution in [-0.2, 0) is 22.7 Å². The monoisotopic (exact) mass is 570 g/mol. The molecule has 31 heavy (non-hydrogen) atoms. The van der Waals surface area contributed by atoms with Crippen molar-refractivity contribution < 1.29 is 21.6 Å². The van der Waals surface area contributed by atoms with Crippen molar-refractivity contribution >= 4 is 40.0 Å². The van der Waals surface area contributed by atoms with E-state index in [9.17, 15) is 21.6 Å². The third-order valence-electron chi connectivity index (χ3n) is 4.56. The van der Waals surface area contributed by atoms with E-state index in [0.717, 1.165) is 6.07 Å². The van der Waals surface area contributed by atoms with E-state index in [2.05, 4.69) is 15.6 Å². The van der Waals surface area contributed by atoms with Crippen LogP contribution in [0.3, 0.4) is 0 Å². The molecule has 172 valence electrons. The first-order chi connectivity index (χ1) is 14.0. The zero-order valence-corrected chi connectivity index (χ0v) is 20.3. The molecule has 0 aliphatic carbocycles. The molecule has 1 atom stereocenters. The summed E-state index contributed by atoms with van der Waals surface area (Å²) in [4.78, 5) is 4.12. The van der Waals surface area contributed by atoms with Crippen LogP contribution in [-0.4, -0.2) is 28.0 Å². The Bertz CT molecular complexity index is 998. The summed E-state index contributed by atoms with van der Waals surface area (Å²) < 4.78 is 61.5. The van der Waals surface area contributed by atoms with Crippen molar-refractivity contribution in [1.82, 2.24) is 10.6 Å². The molecule has 0 heterocycles. The Morgan fingerprint density at radius 1 is 1.13 bits per heavy atom. The number of sulfonamides is 1. The second-order valence-corrected chi connectivity index (χ2v) is 8.42. The number of aliphatic imine (C=N–C) groups is 1. The number of hydrogen-bond donors (Lipinski definition) is 3. The van der Waals surface area contributed by atoms with Crippen LogP contribution in [0.5, 0.6) is 0 Å². The van der Waals surface area contributed by atoms with E-state index in [-0.39, 0.29) is 34.8 Å². The highest BCUT2D eigenvalue weighted by Gasteiger charge is 2.30. The summed E-state index contributed by atoms with van der Waals surface area (Å²) in [6.07, 6.45) is -3.76. The molecule has 2 aromatic rings. The minimum atomic E-state index is -4.36. The van der Waals surface area contributed by atoms with Crippen LogP contribution in [0, 0.1) is 0 Å². The third kappa shape index (κ3) is 8.65. The minimum Gasteiger partial charge on any atom is -0.356 e. The Kier molecular flexibility index (Phi) is 10.2. The lowest BCUT2D eigenvalue weighted by atomic mass is 9.96. The van der Waals surface area contributed by atoms with E-state index in [1.54, 1.807) is 25.2 Å². The van der Waals surface area contributed by atoms with Gasteiger partial charge in [0.05, 0.1) is 10.5 Å². The average molecular weight is 570 g/mol. The lowest BCUT2D eigenvalue weighted by Gasteiger charge is -2.16. The Labute approximate surface area is 197 Å². The number of alkyl halides is 3. The van der Waals surface area contributed by atoms with Gasteiger partial charge in [0.15, 0.2) is 5.96 Å². The number of benzene rings is 2. The lowest BCUT2D eigenvalue weighted by Crippen LogP contribution is -2.37. The predicted octanol–water partition coefficient (Wildman–Crippen LogP) is 3.83. The molecular formula is C20H26F3IN4O2S. The van der Waals surface area contributed by atoms with Crippen molar-refractivity contribution in [3.05, 3.63) is 65.2 Å². The minimum absolute atomic E-state index is 0. The van der Waals surface area contributed by atoms with Crippen LogP contribution in [0.4, 0.5) is 13.2 Å². The first-order valence-corrected chi connectivity index (χ1v) is 10.8. The summed E-state index contributed by atoms with van der Waals surface area (Å²) in [5, 5.41) is 11.3. The van der Waals surface area contributed by atoms with Gasteiger partial charge in [0.1, 0.15) is 0 Å². The van der Waals surface area contributed by atoms with Crippen molar-refractivity contribution in [2.75, 3.05) is 13.6 Å². The van der Waals surface area contributed by atoms with Crippen LogP contribution in [0.25, 0.3) is 0 Å². The highest BCUT2D eigenvalue weighted by atomic mass is 127. The maximum atomic E-state index is 12.9. The molecular weight excluding hydrogens is 544 g/mol. The molecule has 0 aromatic heterocycles. The Hall–Kier alpha value is -1.86. The zero-order chi connectivity index (χ0) is 22.4. The van der Waals surface area contributed by atoms with Gasteiger partial charge >= 0.3 is 6.18 Å². The fourth-order valence-corrected chi connectivity index (χ4v) is 3.42. The van der Waals surface area contributed by atoms with E-state index in [1.807, 2.05) is 6.92 Å². The van der Waals surface area contributed by atoms with Gasteiger partial charge in [0.25, 0.3) is 0 Å². The number of guanidine groups is 1. The molecule has 0 spiro atoms. The number of hydrogen-bond acceptors (Lipinski definition) is 3. The highest BCUT2D eigenvalue weighted by Crippen LogP contribution is 2.31. The fourth-order valence-electron chi connectivity index (χ4n) is 2.83. The lowest BCUT2D eigenvalue weighted by molar-refractivity contribution is -0.137. The highest BCUT2D eigenvalue weighted by molar-refractivity contribution is 14.0. The molecule has 0 aliphatic rings.